The van der Waals surface area contributed by atoms with Crippen molar-refractivity contribution >= 4 is 22.4 Å². The summed E-state index contributed by atoms with van der Waals surface area (Å²) in [5.41, 5.74) is 5.19. The number of carbonyl (C=O) groups is 1. The van der Waals surface area contributed by atoms with Gasteiger partial charge in [0.2, 0.25) is 0 Å². The molecule has 4 aromatic rings. The molecule has 0 atom stereocenters. The summed E-state index contributed by atoms with van der Waals surface area (Å²) in [4.78, 5) is 25.5. The molecule has 5 heteroatoms. The van der Waals surface area contributed by atoms with E-state index >= 15 is 0 Å². The van der Waals surface area contributed by atoms with E-state index in [0.29, 0.717) is 6.54 Å². The molecule has 0 bridgehead atoms. The number of amides is 1. The average Bonchev–Trinajstić information content (AvgIpc) is 3.20. The molecule has 0 aliphatic carbocycles. The van der Waals surface area contributed by atoms with E-state index in [4.69, 9.17) is 0 Å². The number of nitrogens with zero attached hydrogens (tertiary/aromatic N) is 3. The first kappa shape index (κ1) is 18.6. The first-order valence-corrected chi connectivity index (χ1v) is 10.3. The number of hydrogen-bond donors (Lipinski definition) is 1. The number of aryl methyl sites for hydroxylation is 1. The highest BCUT2D eigenvalue weighted by molar-refractivity contribution is 6.14. The van der Waals surface area contributed by atoms with Crippen LogP contribution in [0.4, 0.5) is 5.69 Å². The van der Waals surface area contributed by atoms with Crippen molar-refractivity contribution in [2.75, 3.05) is 18.0 Å². The molecule has 0 unspecified atom stereocenters. The number of anilines is 1. The van der Waals surface area contributed by atoms with Crippen LogP contribution >= 0.6 is 0 Å². The van der Waals surface area contributed by atoms with Crippen LogP contribution < -0.4 is 4.90 Å². The number of H-pyrrole nitrogens is 1. The van der Waals surface area contributed by atoms with Crippen molar-refractivity contribution in [3.63, 3.8) is 0 Å². The second-order valence-corrected chi connectivity index (χ2v) is 7.85. The minimum atomic E-state index is 0.0609. The van der Waals surface area contributed by atoms with E-state index in [1.165, 1.54) is 5.56 Å². The molecule has 1 N–H and O–H groups in total. The zero-order valence-corrected chi connectivity index (χ0v) is 17.0. The van der Waals surface area contributed by atoms with Crippen molar-refractivity contribution < 1.29 is 4.79 Å². The third kappa shape index (κ3) is 3.37. The van der Waals surface area contributed by atoms with Crippen LogP contribution in [0.1, 0.15) is 27.2 Å². The van der Waals surface area contributed by atoms with Crippen LogP contribution in [0.3, 0.4) is 0 Å². The van der Waals surface area contributed by atoms with Crippen LogP contribution in [-0.4, -0.2) is 33.9 Å². The lowest BCUT2D eigenvalue weighted by Crippen LogP contribution is -2.36. The summed E-state index contributed by atoms with van der Waals surface area (Å²) >= 11 is 0. The number of para-hydroxylation sites is 1. The first-order valence-electron chi connectivity index (χ1n) is 10.3. The Morgan fingerprint density at radius 3 is 2.73 bits per heavy atom. The molecule has 5 nitrogen and oxygen atoms in total. The third-order valence-electron chi connectivity index (χ3n) is 5.84. The highest BCUT2D eigenvalue weighted by Crippen LogP contribution is 2.31. The number of hydrogen-bond acceptors (Lipinski definition) is 3. The van der Waals surface area contributed by atoms with Crippen molar-refractivity contribution in [3.05, 3.63) is 95.6 Å². The smallest absolute Gasteiger partial charge is 0.258 e. The monoisotopic (exact) mass is 396 g/mol. The van der Waals surface area contributed by atoms with Gasteiger partial charge < -0.3 is 9.88 Å². The van der Waals surface area contributed by atoms with Crippen LogP contribution in [0, 0.1) is 6.92 Å². The van der Waals surface area contributed by atoms with Crippen LogP contribution in [0.5, 0.6) is 0 Å². The van der Waals surface area contributed by atoms with Gasteiger partial charge in [0.25, 0.3) is 5.91 Å². The maximum Gasteiger partial charge on any atom is 0.258 e. The molecule has 0 saturated heterocycles. The number of fused-ring (bicyclic) bond motifs is 2. The van der Waals surface area contributed by atoms with Gasteiger partial charge in [-0.2, -0.15) is 0 Å². The Kier molecular flexibility index (Phi) is 4.81. The van der Waals surface area contributed by atoms with Crippen LogP contribution in [0.2, 0.25) is 0 Å². The van der Waals surface area contributed by atoms with Gasteiger partial charge in [0.05, 0.1) is 12.0 Å². The van der Waals surface area contributed by atoms with Gasteiger partial charge in [0, 0.05) is 43.6 Å². The fourth-order valence-electron chi connectivity index (χ4n) is 4.41. The summed E-state index contributed by atoms with van der Waals surface area (Å²) in [7, 11) is 0. The fraction of sp³-hybridized carbons (Fsp3) is 0.200. The normalized spacial score (nSPS) is 14.5. The van der Waals surface area contributed by atoms with E-state index < -0.39 is 0 Å². The largest absolute Gasteiger partial charge is 0.347 e. The molecule has 0 spiro atoms. The molecule has 1 amide bonds. The summed E-state index contributed by atoms with van der Waals surface area (Å²) in [5.74, 6) is 0.0609. The van der Waals surface area contributed by atoms with E-state index in [2.05, 4.69) is 52.1 Å². The van der Waals surface area contributed by atoms with Crippen molar-refractivity contribution in [1.29, 1.82) is 0 Å². The van der Waals surface area contributed by atoms with E-state index in [0.717, 1.165) is 52.9 Å². The summed E-state index contributed by atoms with van der Waals surface area (Å²) < 4.78 is 0. The van der Waals surface area contributed by atoms with Crippen molar-refractivity contribution in [2.24, 2.45) is 0 Å². The minimum absolute atomic E-state index is 0.0609. The Bertz CT molecular complexity index is 1190. The fourth-order valence-corrected chi connectivity index (χ4v) is 4.41. The zero-order chi connectivity index (χ0) is 20.5. The molecule has 0 saturated carbocycles. The van der Waals surface area contributed by atoms with Crippen LogP contribution in [-0.2, 0) is 13.1 Å². The molecule has 0 fully saturated rings. The quantitative estimate of drug-likeness (QED) is 0.553. The molecule has 1 aliphatic heterocycles. The molecule has 3 aromatic carbocycles. The van der Waals surface area contributed by atoms with Gasteiger partial charge >= 0.3 is 0 Å². The van der Waals surface area contributed by atoms with E-state index in [9.17, 15) is 4.79 Å². The third-order valence-corrected chi connectivity index (χ3v) is 5.84. The lowest BCUT2D eigenvalue weighted by atomic mass is 10.0. The second kappa shape index (κ2) is 7.76. The van der Waals surface area contributed by atoms with Gasteiger partial charge in [-0.15, -0.1) is 0 Å². The number of rotatable bonds is 3. The average molecular weight is 396 g/mol. The maximum atomic E-state index is 13.8. The summed E-state index contributed by atoms with van der Waals surface area (Å²) in [5, 5.41) is 2.09. The number of nitrogens with one attached hydrogen (secondary N) is 1. The lowest BCUT2D eigenvalue weighted by molar-refractivity contribution is 0.0986. The Morgan fingerprint density at radius 1 is 1.03 bits per heavy atom. The predicted molar refractivity (Wildman–Crippen MR) is 120 cm³/mol. The first-order chi connectivity index (χ1) is 14.7. The highest BCUT2D eigenvalue weighted by atomic mass is 16.2. The molecule has 30 heavy (non-hydrogen) atoms. The summed E-state index contributed by atoms with van der Waals surface area (Å²) in [6, 6.07) is 20.4. The molecule has 1 aromatic heterocycles. The summed E-state index contributed by atoms with van der Waals surface area (Å²) in [6.45, 7) is 5.11. The SMILES string of the molecule is Cc1cccc2c1N(C(=O)c1cccc3ccccc13)CCN(Cc1cnc[nH]1)C2. The van der Waals surface area contributed by atoms with Gasteiger partial charge in [-0.05, 0) is 34.9 Å². The number of imidazole rings is 1. The highest BCUT2D eigenvalue weighted by Gasteiger charge is 2.27. The van der Waals surface area contributed by atoms with E-state index in [-0.39, 0.29) is 5.91 Å². The number of benzene rings is 3. The molecule has 2 heterocycles. The van der Waals surface area contributed by atoms with Gasteiger partial charge in [0.15, 0.2) is 0 Å². The van der Waals surface area contributed by atoms with E-state index in [1.807, 2.05) is 41.4 Å². The van der Waals surface area contributed by atoms with Gasteiger partial charge in [0.1, 0.15) is 0 Å². The predicted octanol–water partition coefficient (Wildman–Crippen LogP) is 4.53. The standard InChI is InChI=1S/C25H24N4O/c1-18-6-4-9-20-15-28(16-21-14-26-17-27-21)12-13-29(24(18)20)25(30)23-11-5-8-19-7-2-3-10-22(19)23/h2-11,14,17H,12-13,15-16H2,1H3,(H,26,27). The lowest BCUT2D eigenvalue weighted by Gasteiger charge is -2.25. The molecular formula is C25H24N4O. The van der Waals surface area contributed by atoms with Gasteiger partial charge in [-0.25, -0.2) is 4.98 Å². The maximum absolute atomic E-state index is 13.8. The summed E-state index contributed by atoms with van der Waals surface area (Å²) in [6.07, 6.45) is 3.57. The number of aromatic nitrogens is 2. The van der Waals surface area contributed by atoms with Gasteiger partial charge in [-0.1, -0.05) is 54.6 Å². The van der Waals surface area contributed by atoms with Gasteiger partial charge in [-0.3, -0.25) is 9.69 Å². The Hall–Kier alpha value is -3.44. The molecule has 0 radical (unpaired) electrons. The second-order valence-electron chi connectivity index (χ2n) is 7.85. The molecule has 5 rings (SSSR count). The number of carbonyl (C=O) groups excluding carboxylic acids is 1. The minimum Gasteiger partial charge on any atom is -0.347 e. The van der Waals surface area contributed by atoms with Crippen molar-refractivity contribution in [3.8, 4) is 0 Å². The topological polar surface area (TPSA) is 52.2 Å². The molecular weight excluding hydrogens is 372 g/mol. The van der Waals surface area contributed by atoms with Crippen molar-refractivity contribution in [1.82, 2.24) is 14.9 Å². The number of aromatic amines is 1. The zero-order valence-electron chi connectivity index (χ0n) is 17.0. The Labute approximate surface area is 176 Å². The Morgan fingerprint density at radius 2 is 1.87 bits per heavy atom. The van der Waals surface area contributed by atoms with E-state index in [1.54, 1.807) is 6.33 Å². The van der Waals surface area contributed by atoms with Crippen LogP contribution in [0.15, 0.2) is 73.2 Å². The Balaban J connectivity index is 1.54. The van der Waals surface area contributed by atoms with Crippen molar-refractivity contribution in [2.45, 2.75) is 20.0 Å². The van der Waals surface area contributed by atoms with Crippen LogP contribution in [0.25, 0.3) is 10.8 Å². The molecule has 1 aliphatic rings. The molecule has 150 valence electrons.